The molecule has 1 aliphatic rings. The number of nitrogens with zero attached hydrogens (tertiary/aromatic N) is 3. The van der Waals surface area contributed by atoms with E-state index in [4.69, 9.17) is 4.74 Å². The summed E-state index contributed by atoms with van der Waals surface area (Å²) in [5.74, 6) is 0.0584. The van der Waals surface area contributed by atoms with Crippen molar-refractivity contribution in [2.75, 3.05) is 37.5 Å². The Labute approximate surface area is 180 Å². The molecule has 1 fully saturated rings. The average Bonchev–Trinajstić information content (AvgIpc) is 3.06. The summed E-state index contributed by atoms with van der Waals surface area (Å²) >= 11 is 1.20. The largest absolute Gasteiger partial charge is 0.383 e. The van der Waals surface area contributed by atoms with E-state index in [-0.39, 0.29) is 40.8 Å². The molecule has 2 atom stereocenters. The van der Waals surface area contributed by atoms with Crippen LogP contribution in [0.3, 0.4) is 0 Å². The monoisotopic (exact) mass is 453 g/mol. The molecule has 1 aromatic carbocycles. The van der Waals surface area contributed by atoms with Gasteiger partial charge in [-0.05, 0) is 32.4 Å². The third kappa shape index (κ3) is 4.87. The van der Waals surface area contributed by atoms with Gasteiger partial charge in [-0.25, -0.2) is 13.4 Å². The molecule has 0 aliphatic carbocycles. The molecule has 10 heteroatoms. The molecule has 0 unspecified atom stereocenters. The van der Waals surface area contributed by atoms with Crippen LogP contribution < -0.4 is 5.56 Å². The van der Waals surface area contributed by atoms with Gasteiger partial charge in [0.1, 0.15) is 0 Å². The molecule has 1 aromatic heterocycles. The Morgan fingerprint density at radius 1 is 1.40 bits per heavy atom. The Bertz CT molecular complexity index is 1080. The number of methoxy groups -OCH3 is 1. The highest BCUT2D eigenvalue weighted by atomic mass is 32.2. The molecule has 2 heterocycles. The Hall–Kier alpha value is -1.91. The van der Waals surface area contributed by atoms with E-state index >= 15 is 0 Å². The van der Waals surface area contributed by atoms with Crippen molar-refractivity contribution in [1.82, 2.24) is 14.5 Å². The molecule has 1 saturated heterocycles. The number of rotatable bonds is 8. The average molecular weight is 454 g/mol. The summed E-state index contributed by atoms with van der Waals surface area (Å²) in [6, 6.07) is 6.58. The normalized spacial score (nSPS) is 19.1. The molecule has 0 N–H and O–H groups in total. The van der Waals surface area contributed by atoms with Crippen molar-refractivity contribution < 1.29 is 17.9 Å². The molecule has 8 nitrogen and oxygen atoms in total. The Balaban J connectivity index is 1.86. The highest BCUT2D eigenvalue weighted by molar-refractivity contribution is 7.99. The van der Waals surface area contributed by atoms with E-state index in [1.54, 1.807) is 34.8 Å². The highest BCUT2D eigenvalue weighted by Gasteiger charge is 2.34. The molecule has 1 amide bonds. The van der Waals surface area contributed by atoms with Gasteiger partial charge in [0.05, 0.1) is 40.8 Å². The van der Waals surface area contributed by atoms with E-state index in [2.05, 4.69) is 4.98 Å². The number of amides is 1. The van der Waals surface area contributed by atoms with E-state index in [0.717, 1.165) is 0 Å². The summed E-state index contributed by atoms with van der Waals surface area (Å²) in [7, 11) is -1.51. The minimum absolute atomic E-state index is 0.0149. The van der Waals surface area contributed by atoms with Gasteiger partial charge in [-0.1, -0.05) is 23.9 Å². The standard InChI is InChI=1S/C20H27N3O5S2/c1-4-22(15-9-10-30(26,27)13-15)18(24)12-29-20-21-17-8-6-5-7-16(17)19(25)23(20)14(2)11-28-3/h5-8,14-15H,4,9-13H2,1-3H3/t14-,15+/m1/s1. The van der Waals surface area contributed by atoms with Crippen LogP contribution >= 0.6 is 11.8 Å². The van der Waals surface area contributed by atoms with Crippen LogP contribution in [0.4, 0.5) is 0 Å². The van der Waals surface area contributed by atoms with Crippen LogP contribution in [-0.4, -0.2) is 72.3 Å². The van der Waals surface area contributed by atoms with E-state index < -0.39 is 9.84 Å². The molecule has 1 aliphatic heterocycles. The minimum Gasteiger partial charge on any atom is -0.383 e. The molecule has 164 valence electrons. The number of para-hydroxylation sites is 1. The zero-order chi connectivity index (χ0) is 21.9. The molecule has 3 rings (SSSR count). The van der Waals surface area contributed by atoms with E-state index in [9.17, 15) is 18.0 Å². The molecule has 30 heavy (non-hydrogen) atoms. The second kappa shape index (κ2) is 9.49. The number of hydrogen-bond acceptors (Lipinski definition) is 7. The summed E-state index contributed by atoms with van der Waals surface area (Å²) in [6.07, 6.45) is 0.469. The molecular weight excluding hydrogens is 426 g/mol. The molecular formula is C20H27N3O5S2. The van der Waals surface area contributed by atoms with Crippen LogP contribution in [-0.2, 0) is 19.4 Å². The van der Waals surface area contributed by atoms with Crippen LogP contribution in [0.1, 0.15) is 26.3 Å². The third-order valence-electron chi connectivity index (χ3n) is 5.26. The molecule has 0 spiro atoms. The minimum atomic E-state index is -3.08. The predicted molar refractivity (Wildman–Crippen MR) is 118 cm³/mol. The van der Waals surface area contributed by atoms with Crippen LogP contribution in [0.5, 0.6) is 0 Å². The lowest BCUT2D eigenvalue weighted by molar-refractivity contribution is -0.129. The van der Waals surface area contributed by atoms with Crippen LogP contribution in [0, 0.1) is 0 Å². The van der Waals surface area contributed by atoms with E-state index in [1.807, 2.05) is 19.9 Å². The Morgan fingerprint density at radius 2 is 2.13 bits per heavy atom. The number of carbonyl (C=O) groups is 1. The first-order valence-corrected chi connectivity index (χ1v) is 12.7. The van der Waals surface area contributed by atoms with Crippen molar-refractivity contribution in [2.45, 2.75) is 37.5 Å². The summed E-state index contributed by atoms with van der Waals surface area (Å²) in [5, 5.41) is 0.967. The molecule has 0 saturated carbocycles. The number of fused-ring (bicyclic) bond motifs is 1. The zero-order valence-corrected chi connectivity index (χ0v) is 19.0. The van der Waals surface area contributed by atoms with Gasteiger partial charge in [0, 0.05) is 19.7 Å². The Kier molecular flexibility index (Phi) is 7.20. The fourth-order valence-corrected chi connectivity index (χ4v) is 6.51. The van der Waals surface area contributed by atoms with Gasteiger partial charge in [0.15, 0.2) is 15.0 Å². The summed E-state index contributed by atoms with van der Waals surface area (Å²) < 4.78 is 30.4. The number of benzene rings is 1. The van der Waals surface area contributed by atoms with E-state index in [1.165, 1.54) is 11.8 Å². The van der Waals surface area contributed by atoms with Gasteiger partial charge in [-0.15, -0.1) is 0 Å². The maximum atomic E-state index is 13.1. The van der Waals surface area contributed by atoms with Crippen molar-refractivity contribution in [1.29, 1.82) is 0 Å². The topological polar surface area (TPSA) is 98.6 Å². The SMILES string of the molecule is CCN(C(=O)CSc1nc2ccccc2c(=O)n1[C@H](C)COC)[C@H]1CCS(=O)(=O)C1. The molecule has 2 aromatic rings. The number of hydrogen-bond donors (Lipinski definition) is 0. The van der Waals surface area contributed by atoms with Gasteiger partial charge in [0.2, 0.25) is 5.91 Å². The van der Waals surface area contributed by atoms with Crippen LogP contribution in [0.2, 0.25) is 0 Å². The van der Waals surface area contributed by atoms with E-state index in [0.29, 0.717) is 35.6 Å². The number of sulfone groups is 1. The van der Waals surface area contributed by atoms with Crippen molar-refractivity contribution in [3.63, 3.8) is 0 Å². The van der Waals surface area contributed by atoms with Crippen molar-refractivity contribution in [3.8, 4) is 0 Å². The first kappa shape index (κ1) is 22.8. The lowest BCUT2D eigenvalue weighted by Gasteiger charge is -2.27. The lowest BCUT2D eigenvalue weighted by Crippen LogP contribution is -2.42. The summed E-state index contributed by atoms with van der Waals surface area (Å²) in [6.45, 7) is 4.49. The van der Waals surface area contributed by atoms with Crippen molar-refractivity contribution in [2.24, 2.45) is 0 Å². The highest BCUT2D eigenvalue weighted by Crippen LogP contribution is 2.23. The Morgan fingerprint density at radius 3 is 2.77 bits per heavy atom. The maximum absolute atomic E-state index is 13.1. The zero-order valence-electron chi connectivity index (χ0n) is 17.4. The first-order chi connectivity index (χ1) is 14.3. The maximum Gasteiger partial charge on any atom is 0.262 e. The second-order valence-electron chi connectivity index (χ2n) is 7.42. The number of thioether (sulfide) groups is 1. The van der Waals surface area contributed by atoms with Gasteiger partial charge in [-0.2, -0.15) is 0 Å². The third-order valence-corrected chi connectivity index (χ3v) is 7.95. The van der Waals surface area contributed by atoms with Gasteiger partial charge < -0.3 is 9.64 Å². The predicted octanol–water partition coefficient (Wildman–Crippen LogP) is 1.73. The number of ether oxygens (including phenoxy) is 1. The van der Waals surface area contributed by atoms with Crippen molar-refractivity contribution >= 4 is 38.4 Å². The molecule has 0 radical (unpaired) electrons. The lowest BCUT2D eigenvalue weighted by atomic mass is 10.2. The van der Waals surface area contributed by atoms with Gasteiger partial charge in [0.25, 0.3) is 5.56 Å². The van der Waals surface area contributed by atoms with Gasteiger partial charge >= 0.3 is 0 Å². The van der Waals surface area contributed by atoms with Crippen molar-refractivity contribution in [3.05, 3.63) is 34.6 Å². The summed E-state index contributed by atoms with van der Waals surface area (Å²) in [5.41, 5.74) is 0.405. The molecule has 0 bridgehead atoms. The second-order valence-corrected chi connectivity index (χ2v) is 10.6. The van der Waals surface area contributed by atoms with Crippen LogP contribution in [0.25, 0.3) is 10.9 Å². The quantitative estimate of drug-likeness (QED) is 0.443. The van der Waals surface area contributed by atoms with Crippen LogP contribution in [0.15, 0.2) is 34.2 Å². The fraction of sp³-hybridized carbons (Fsp3) is 0.550. The van der Waals surface area contributed by atoms with Gasteiger partial charge in [-0.3, -0.25) is 14.2 Å². The summed E-state index contributed by atoms with van der Waals surface area (Å²) in [4.78, 5) is 32.2. The fourth-order valence-electron chi connectivity index (χ4n) is 3.80. The number of aromatic nitrogens is 2. The smallest absolute Gasteiger partial charge is 0.262 e. The number of carbonyl (C=O) groups excluding carboxylic acids is 1. The first-order valence-electron chi connectivity index (χ1n) is 9.90.